The molecule has 0 fully saturated rings. The van der Waals surface area contributed by atoms with Gasteiger partial charge in [-0.05, 0) is 18.6 Å². The van der Waals surface area contributed by atoms with Crippen molar-refractivity contribution in [3.05, 3.63) is 28.6 Å². The molecule has 0 saturated carbocycles. The third kappa shape index (κ3) is 2.48. The second-order valence-corrected chi connectivity index (χ2v) is 3.11. The smallest absolute Gasteiger partial charge is 0.265 e. The summed E-state index contributed by atoms with van der Waals surface area (Å²) >= 11 is 0. The van der Waals surface area contributed by atoms with E-state index < -0.39 is 6.43 Å². The van der Waals surface area contributed by atoms with Crippen LogP contribution in [-0.4, -0.2) is 4.98 Å². The molecule has 0 atom stereocenters. The maximum Gasteiger partial charge on any atom is 0.265 e. The van der Waals surface area contributed by atoms with E-state index in [1.165, 1.54) is 6.07 Å². The molecule has 0 aliphatic heterocycles. The topological polar surface area (TPSA) is 62.7 Å². The van der Waals surface area contributed by atoms with E-state index in [2.05, 4.69) is 4.98 Å². The Balaban J connectivity index is 3.25. The van der Waals surface area contributed by atoms with Crippen LogP contribution in [0.25, 0.3) is 0 Å². The molecule has 1 rings (SSSR count). The van der Waals surface area contributed by atoms with Gasteiger partial charge in [-0.3, -0.25) is 4.98 Å². The van der Waals surface area contributed by atoms with Crippen molar-refractivity contribution >= 4 is 0 Å². The van der Waals surface area contributed by atoms with Crippen LogP contribution in [0.2, 0.25) is 0 Å². The Hall–Kier alpha value is -1.54. The molecule has 0 aliphatic rings. The van der Waals surface area contributed by atoms with Crippen molar-refractivity contribution < 1.29 is 8.78 Å². The zero-order chi connectivity index (χ0) is 11.4. The lowest BCUT2D eigenvalue weighted by atomic mass is 10.1. The molecule has 2 N–H and O–H groups in total. The molecule has 5 heteroatoms. The zero-order valence-corrected chi connectivity index (χ0v) is 8.30. The number of nitriles is 1. The van der Waals surface area contributed by atoms with E-state index in [0.717, 1.165) is 0 Å². The van der Waals surface area contributed by atoms with Crippen LogP contribution in [0.15, 0.2) is 6.07 Å². The molecule has 0 unspecified atom stereocenters. The molecule has 0 spiro atoms. The third-order valence-electron chi connectivity index (χ3n) is 2.13. The number of nitrogens with zero attached hydrogens (tertiary/aromatic N) is 2. The van der Waals surface area contributed by atoms with Gasteiger partial charge in [0.25, 0.3) is 6.43 Å². The van der Waals surface area contributed by atoms with Crippen LogP contribution < -0.4 is 5.73 Å². The van der Waals surface area contributed by atoms with Gasteiger partial charge in [0.2, 0.25) is 0 Å². The summed E-state index contributed by atoms with van der Waals surface area (Å²) in [7, 11) is 0. The summed E-state index contributed by atoms with van der Waals surface area (Å²) in [4.78, 5) is 3.98. The highest BCUT2D eigenvalue weighted by molar-refractivity contribution is 5.32. The van der Waals surface area contributed by atoms with Gasteiger partial charge in [0.15, 0.2) is 0 Å². The Morgan fingerprint density at radius 3 is 2.73 bits per heavy atom. The Kier molecular flexibility index (Phi) is 3.69. The average Bonchev–Trinajstić information content (AvgIpc) is 2.20. The minimum atomic E-state index is -2.60. The molecular formula is C10H11F2N3. The standard InChI is InChI=1S/C10H11F2N3/c1-6-7(2-3-13)4-8(10(11)12)9(5-14)15-6/h4,10H,2,5,14H2,1H3. The number of alkyl halides is 2. The first kappa shape index (κ1) is 11.5. The highest BCUT2D eigenvalue weighted by Crippen LogP contribution is 2.24. The summed E-state index contributed by atoms with van der Waals surface area (Å²) in [6.45, 7) is 1.66. The molecule has 1 aromatic heterocycles. The van der Waals surface area contributed by atoms with Gasteiger partial charge in [-0.15, -0.1) is 0 Å². The minimum Gasteiger partial charge on any atom is -0.325 e. The molecule has 1 aromatic rings. The summed E-state index contributed by atoms with van der Waals surface area (Å²) in [5, 5.41) is 8.51. The third-order valence-corrected chi connectivity index (χ3v) is 2.13. The quantitative estimate of drug-likeness (QED) is 0.829. The first-order chi connectivity index (χ1) is 7.10. The number of pyridine rings is 1. The lowest BCUT2D eigenvalue weighted by molar-refractivity contribution is 0.149. The largest absolute Gasteiger partial charge is 0.325 e. The van der Waals surface area contributed by atoms with Gasteiger partial charge in [-0.1, -0.05) is 0 Å². The maximum absolute atomic E-state index is 12.6. The molecule has 3 nitrogen and oxygen atoms in total. The first-order valence-corrected chi connectivity index (χ1v) is 4.44. The fourth-order valence-corrected chi connectivity index (χ4v) is 1.33. The second kappa shape index (κ2) is 4.80. The summed E-state index contributed by atoms with van der Waals surface area (Å²) in [5.74, 6) is 0. The molecule has 0 radical (unpaired) electrons. The van der Waals surface area contributed by atoms with Crippen molar-refractivity contribution in [3.8, 4) is 6.07 Å². The predicted molar refractivity (Wildman–Crippen MR) is 51.1 cm³/mol. The lowest BCUT2D eigenvalue weighted by Crippen LogP contribution is -2.08. The second-order valence-electron chi connectivity index (χ2n) is 3.11. The van der Waals surface area contributed by atoms with Crippen LogP contribution in [-0.2, 0) is 13.0 Å². The number of hydrogen-bond acceptors (Lipinski definition) is 3. The maximum atomic E-state index is 12.6. The minimum absolute atomic E-state index is 0.0205. The van der Waals surface area contributed by atoms with Crippen LogP contribution in [0.5, 0.6) is 0 Å². The predicted octanol–water partition coefficient (Wildman–Crippen LogP) is 1.85. The van der Waals surface area contributed by atoms with Crippen LogP contribution >= 0.6 is 0 Å². The van der Waals surface area contributed by atoms with Crippen molar-refractivity contribution in [2.75, 3.05) is 0 Å². The molecule has 80 valence electrons. The van der Waals surface area contributed by atoms with Gasteiger partial charge >= 0.3 is 0 Å². The molecule has 0 aromatic carbocycles. The number of hydrogen-bond donors (Lipinski definition) is 1. The number of aryl methyl sites for hydroxylation is 1. The normalized spacial score (nSPS) is 10.4. The van der Waals surface area contributed by atoms with Gasteiger partial charge in [0.1, 0.15) is 0 Å². The van der Waals surface area contributed by atoms with E-state index in [9.17, 15) is 8.78 Å². The van der Waals surface area contributed by atoms with Crippen molar-refractivity contribution in [2.45, 2.75) is 26.3 Å². The van der Waals surface area contributed by atoms with Crippen molar-refractivity contribution in [1.82, 2.24) is 4.98 Å². The molecule has 0 bridgehead atoms. The SMILES string of the molecule is Cc1nc(CN)c(C(F)F)cc1CC#N. The van der Waals surface area contributed by atoms with Gasteiger partial charge < -0.3 is 5.73 Å². The first-order valence-electron chi connectivity index (χ1n) is 4.44. The summed E-state index contributed by atoms with van der Waals surface area (Å²) in [6.07, 6.45) is -2.52. The molecule has 15 heavy (non-hydrogen) atoms. The molecular weight excluding hydrogens is 200 g/mol. The number of halogens is 2. The van der Waals surface area contributed by atoms with Crippen molar-refractivity contribution in [3.63, 3.8) is 0 Å². The van der Waals surface area contributed by atoms with Crippen LogP contribution in [0.1, 0.15) is 28.9 Å². The van der Waals surface area contributed by atoms with E-state index in [1.54, 1.807) is 6.92 Å². The van der Waals surface area contributed by atoms with Gasteiger partial charge in [0.05, 0.1) is 18.2 Å². The van der Waals surface area contributed by atoms with Crippen LogP contribution in [0.4, 0.5) is 8.78 Å². The number of rotatable bonds is 3. The number of aromatic nitrogens is 1. The van der Waals surface area contributed by atoms with E-state index in [1.807, 2.05) is 6.07 Å². The molecule has 0 amide bonds. The van der Waals surface area contributed by atoms with Crippen LogP contribution in [0.3, 0.4) is 0 Å². The van der Waals surface area contributed by atoms with Gasteiger partial charge in [0, 0.05) is 17.8 Å². The van der Waals surface area contributed by atoms with E-state index >= 15 is 0 Å². The van der Waals surface area contributed by atoms with Crippen molar-refractivity contribution in [2.24, 2.45) is 5.73 Å². The van der Waals surface area contributed by atoms with E-state index in [4.69, 9.17) is 11.0 Å². The van der Waals surface area contributed by atoms with Crippen LogP contribution in [0, 0.1) is 18.3 Å². The highest BCUT2D eigenvalue weighted by Gasteiger charge is 2.15. The number of nitrogens with two attached hydrogens (primary N) is 1. The monoisotopic (exact) mass is 211 g/mol. The fraction of sp³-hybridized carbons (Fsp3) is 0.400. The molecule has 0 aliphatic carbocycles. The summed E-state index contributed by atoms with van der Waals surface area (Å²) < 4.78 is 25.2. The average molecular weight is 211 g/mol. The molecule has 0 saturated heterocycles. The van der Waals surface area contributed by atoms with Gasteiger partial charge in [-0.25, -0.2) is 8.78 Å². The Labute approximate surface area is 86.5 Å². The lowest BCUT2D eigenvalue weighted by Gasteiger charge is -2.10. The molecule has 1 heterocycles. The Morgan fingerprint density at radius 2 is 2.27 bits per heavy atom. The zero-order valence-electron chi connectivity index (χ0n) is 8.30. The highest BCUT2D eigenvalue weighted by atomic mass is 19.3. The van der Waals surface area contributed by atoms with E-state index in [-0.39, 0.29) is 24.2 Å². The van der Waals surface area contributed by atoms with Gasteiger partial charge in [-0.2, -0.15) is 5.26 Å². The Morgan fingerprint density at radius 1 is 1.60 bits per heavy atom. The summed E-state index contributed by atoms with van der Waals surface area (Å²) in [6, 6.07) is 3.23. The van der Waals surface area contributed by atoms with E-state index in [0.29, 0.717) is 11.3 Å². The Bertz CT molecular complexity index is 396. The summed E-state index contributed by atoms with van der Waals surface area (Å²) in [5.41, 5.74) is 6.46. The fourth-order valence-electron chi connectivity index (χ4n) is 1.33. The van der Waals surface area contributed by atoms with Crippen molar-refractivity contribution in [1.29, 1.82) is 5.26 Å².